The lowest BCUT2D eigenvalue weighted by molar-refractivity contribution is -0.126. The van der Waals surface area contributed by atoms with Gasteiger partial charge in [-0.15, -0.1) is 0 Å². The Kier molecular flexibility index (Phi) is 5.84. The van der Waals surface area contributed by atoms with Gasteiger partial charge in [-0.2, -0.15) is 0 Å². The number of thiocarbonyl (C=S) groups is 1. The highest BCUT2D eigenvalue weighted by molar-refractivity contribution is 7.80. The first-order valence-corrected chi connectivity index (χ1v) is 8.30. The Hall–Kier alpha value is -1.37. The topological polar surface area (TPSA) is 53.6 Å². The fraction of sp³-hybridized carbons (Fsp3) is 0.500. The van der Waals surface area contributed by atoms with Crippen LogP contribution in [-0.2, 0) is 9.53 Å². The highest BCUT2D eigenvalue weighted by Gasteiger charge is 2.22. The third kappa shape index (κ3) is 5.06. The molecular weight excluding hydrogens is 334 g/mol. The first kappa shape index (κ1) is 18.0. The van der Waals surface area contributed by atoms with E-state index in [-0.39, 0.29) is 11.0 Å². The van der Waals surface area contributed by atoms with Gasteiger partial charge in [0.25, 0.3) is 0 Å². The maximum absolute atomic E-state index is 12.0. The second-order valence-corrected chi connectivity index (χ2v) is 7.26. The zero-order valence-electron chi connectivity index (χ0n) is 13.6. The number of carbonyl (C=O) groups is 1. The summed E-state index contributed by atoms with van der Waals surface area (Å²) >= 11 is 11.4. The number of rotatable bonds is 2. The molecule has 2 rings (SSSR count). The second-order valence-electron chi connectivity index (χ2n) is 6.42. The summed E-state index contributed by atoms with van der Waals surface area (Å²) in [6.45, 7) is 8.49. The number of amides is 1. The maximum atomic E-state index is 12.0. The number of hydrogen-bond acceptors (Lipinski definition) is 4. The van der Waals surface area contributed by atoms with Crippen LogP contribution < -0.4 is 15.5 Å². The second kappa shape index (κ2) is 7.47. The summed E-state index contributed by atoms with van der Waals surface area (Å²) in [7, 11) is 0. The van der Waals surface area contributed by atoms with E-state index in [0.717, 1.165) is 24.5 Å². The van der Waals surface area contributed by atoms with Gasteiger partial charge in [0.05, 0.1) is 24.6 Å². The average molecular weight is 356 g/mol. The molecule has 1 aliphatic heterocycles. The number of anilines is 2. The lowest BCUT2D eigenvalue weighted by Crippen LogP contribution is -2.41. The molecule has 126 valence electrons. The van der Waals surface area contributed by atoms with E-state index in [1.54, 1.807) is 0 Å². The molecule has 1 aromatic rings. The van der Waals surface area contributed by atoms with Gasteiger partial charge in [0, 0.05) is 23.5 Å². The van der Waals surface area contributed by atoms with Crippen LogP contribution in [0.2, 0.25) is 5.02 Å². The summed E-state index contributed by atoms with van der Waals surface area (Å²) in [6.07, 6.45) is 0. The van der Waals surface area contributed by atoms with Gasteiger partial charge in [-0.25, -0.2) is 0 Å². The zero-order chi connectivity index (χ0) is 17.0. The molecule has 0 aliphatic carbocycles. The molecule has 0 radical (unpaired) electrons. The van der Waals surface area contributed by atoms with Crippen LogP contribution in [0.4, 0.5) is 11.4 Å². The van der Waals surface area contributed by atoms with E-state index in [0.29, 0.717) is 18.2 Å². The summed E-state index contributed by atoms with van der Waals surface area (Å²) in [6, 6.07) is 5.60. The van der Waals surface area contributed by atoms with Crippen molar-refractivity contribution in [3.8, 4) is 0 Å². The predicted octanol–water partition coefficient (Wildman–Crippen LogP) is 3.04. The van der Waals surface area contributed by atoms with Crippen molar-refractivity contribution in [2.45, 2.75) is 20.8 Å². The molecule has 1 saturated heterocycles. The van der Waals surface area contributed by atoms with Crippen molar-refractivity contribution in [1.29, 1.82) is 0 Å². The van der Waals surface area contributed by atoms with Crippen LogP contribution in [0.1, 0.15) is 20.8 Å². The van der Waals surface area contributed by atoms with E-state index in [2.05, 4.69) is 15.5 Å². The van der Waals surface area contributed by atoms with Crippen LogP contribution in [0, 0.1) is 5.41 Å². The summed E-state index contributed by atoms with van der Waals surface area (Å²) in [5, 5.41) is 6.67. The lowest BCUT2D eigenvalue weighted by Gasteiger charge is -2.31. The molecule has 5 nitrogen and oxygen atoms in total. The Labute approximate surface area is 147 Å². The molecule has 0 saturated carbocycles. The summed E-state index contributed by atoms with van der Waals surface area (Å²) in [4.78, 5) is 14.2. The van der Waals surface area contributed by atoms with Crippen molar-refractivity contribution in [2.75, 3.05) is 36.5 Å². The van der Waals surface area contributed by atoms with Gasteiger partial charge < -0.3 is 20.3 Å². The Bertz CT molecular complexity index is 595. The Morgan fingerprint density at radius 1 is 1.30 bits per heavy atom. The third-order valence-corrected chi connectivity index (χ3v) is 3.91. The molecule has 1 heterocycles. The molecule has 1 amide bonds. The summed E-state index contributed by atoms with van der Waals surface area (Å²) < 4.78 is 5.39. The monoisotopic (exact) mass is 355 g/mol. The smallest absolute Gasteiger partial charge is 0.231 e. The molecule has 1 aliphatic rings. The van der Waals surface area contributed by atoms with E-state index >= 15 is 0 Å². The van der Waals surface area contributed by atoms with Crippen molar-refractivity contribution in [1.82, 2.24) is 5.32 Å². The number of hydrogen-bond donors (Lipinski definition) is 2. The van der Waals surface area contributed by atoms with Gasteiger partial charge in [-0.3, -0.25) is 4.79 Å². The number of halogens is 1. The molecule has 0 atom stereocenters. The normalized spacial score (nSPS) is 15.2. The van der Waals surface area contributed by atoms with Crippen LogP contribution in [0.3, 0.4) is 0 Å². The van der Waals surface area contributed by atoms with Crippen molar-refractivity contribution in [3.63, 3.8) is 0 Å². The molecule has 23 heavy (non-hydrogen) atoms. The van der Waals surface area contributed by atoms with Crippen molar-refractivity contribution in [3.05, 3.63) is 23.2 Å². The zero-order valence-corrected chi connectivity index (χ0v) is 15.2. The Morgan fingerprint density at radius 3 is 2.57 bits per heavy atom. The number of ether oxygens (including phenoxy) is 1. The van der Waals surface area contributed by atoms with Crippen molar-refractivity contribution in [2.24, 2.45) is 5.41 Å². The fourth-order valence-corrected chi connectivity index (χ4v) is 2.51. The summed E-state index contributed by atoms with van der Waals surface area (Å²) in [5.41, 5.74) is 1.26. The van der Waals surface area contributed by atoms with Crippen molar-refractivity contribution < 1.29 is 9.53 Å². The molecule has 0 unspecified atom stereocenters. The standard InChI is InChI=1S/C16H22ClN3O2S/c1-16(2,3)14(21)19-15(23)18-12-10-11(17)4-5-13(12)20-6-8-22-9-7-20/h4-5,10H,6-9H2,1-3H3,(H2,18,19,21,23). The van der Waals surface area contributed by atoms with Crippen LogP contribution in [-0.4, -0.2) is 37.3 Å². The third-order valence-electron chi connectivity index (χ3n) is 3.47. The summed E-state index contributed by atoms with van der Waals surface area (Å²) in [5.74, 6) is -0.134. The first-order chi connectivity index (χ1) is 10.8. The number of nitrogens with one attached hydrogen (secondary N) is 2. The van der Waals surface area contributed by atoms with Gasteiger partial charge in [0.1, 0.15) is 0 Å². The largest absolute Gasteiger partial charge is 0.378 e. The van der Waals surface area contributed by atoms with Crippen molar-refractivity contribution >= 4 is 46.2 Å². The van der Waals surface area contributed by atoms with E-state index in [4.69, 9.17) is 28.6 Å². The van der Waals surface area contributed by atoms with Gasteiger partial charge in [0.15, 0.2) is 5.11 Å². The highest BCUT2D eigenvalue weighted by Crippen LogP contribution is 2.30. The van der Waals surface area contributed by atoms with E-state index in [1.165, 1.54) is 0 Å². The van der Waals surface area contributed by atoms with E-state index < -0.39 is 5.41 Å². The molecule has 0 spiro atoms. The fourth-order valence-electron chi connectivity index (χ4n) is 2.13. The molecular formula is C16H22ClN3O2S. The molecule has 0 bridgehead atoms. The van der Waals surface area contributed by atoms with Gasteiger partial charge in [-0.05, 0) is 30.4 Å². The molecule has 7 heteroatoms. The highest BCUT2D eigenvalue weighted by atomic mass is 35.5. The van der Waals surface area contributed by atoms with Gasteiger partial charge in [-0.1, -0.05) is 32.4 Å². The number of carbonyl (C=O) groups excluding carboxylic acids is 1. The maximum Gasteiger partial charge on any atom is 0.231 e. The average Bonchev–Trinajstić information content (AvgIpc) is 2.47. The predicted molar refractivity (Wildman–Crippen MR) is 98.3 cm³/mol. The molecule has 1 aromatic carbocycles. The molecule has 1 fully saturated rings. The lowest BCUT2D eigenvalue weighted by atomic mass is 9.96. The van der Waals surface area contributed by atoms with Crippen LogP contribution in [0.15, 0.2) is 18.2 Å². The van der Waals surface area contributed by atoms with Gasteiger partial charge in [0.2, 0.25) is 5.91 Å². The van der Waals surface area contributed by atoms with Crippen LogP contribution in [0.25, 0.3) is 0 Å². The Morgan fingerprint density at radius 2 is 1.96 bits per heavy atom. The molecule has 2 N–H and O–H groups in total. The first-order valence-electron chi connectivity index (χ1n) is 7.52. The van der Waals surface area contributed by atoms with Gasteiger partial charge >= 0.3 is 0 Å². The minimum absolute atomic E-state index is 0.134. The van der Waals surface area contributed by atoms with E-state index in [1.807, 2.05) is 39.0 Å². The van der Waals surface area contributed by atoms with E-state index in [9.17, 15) is 4.79 Å². The quantitative estimate of drug-likeness (QED) is 0.799. The molecule has 0 aromatic heterocycles. The number of morpholine rings is 1. The van der Waals surface area contributed by atoms with Crippen LogP contribution >= 0.6 is 23.8 Å². The minimum atomic E-state index is -0.507. The minimum Gasteiger partial charge on any atom is -0.378 e. The Balaban J connectivity index is 2.13. The number of nitrogens with zero attached hydrogens (tertiary/aromatic N) is 1. The SMILES string of the molecule is CC(C)(C)C(=O)NC(=S)Nc1cc(Cl)ccc1N1CCOCC1. The number of benzene rings is 1. The van der Waals surface area contributed by atoms with Crippen LogP contribution in [0.5, 0.6) is 0 Å².